The Morgan fingerprint density at radius 2 is 0.703 bits per heavy atom. The summed E-state index contributed by atoms with van der Waals surface area (Å²) in [4.78, 5) is 2.36. The standard InChI is InChI=1S/C60H37NO3/c1-3-13-38(14-4-1)40-23-28-43(29-24-40)61(44-30-25-41(26-31-44)39-15-5-2-6-16-39)52-35-34-48(60-58(52)50-19-9-12-22-55(50)64-60)47-33-32-45(59-57(47)49-18-8-11-21-54(49)63-59)42-27-36-56-51(37-42)46-17-7-10-20-53(46)62-56/h1-37H. The highest BCUT2D eigenvalue weighted by atomic mass is 16.3. The lowest BCUT2D eigenvalue weighted by Gasteiger charge is -2.27. The summed E-state index contributed by atoms with van der Waals surface area (Å²) >= 11 is 0. The Labute approximate surface area is 368 Å². The number of hydrogen-bond donors (Lipinski definition) is 0. The van der Waals surface area contributed by atoms with Crippen molar-refractivity contribution < 1.29 is 13.3 Å². The van der Waals surface area contributed by atoms with Crippen molar-refractivity contribution in [2.45, 2.75) is 0 Å². The van der Waals surface area contributed by atoms with Crippen LogP contribution in [-0.2, 0) is 0 Å². The molecule has 10 aromatic carbocycles. The van der Waals surface area contributed by atoms with Gasteiger partial charge in [0.2, 0.25) is 0 Å². The molecule has 13 aromatic rings. The van der Waals surface area contributed by atoms with E-state index in [0.29, 0.717) is 0 Å². The Balaban J connectivity index is 1.03. The summed E-state index contributed by atoms with van der Waals surface area (Å²) in [5.41, 5.74) is 17.0. The minimum Gasteiger partial charge on any atom is -0.456 e. The van der Waals surface area contributed by atoms with Crippen LogP contribution < -0.4 is 4.90 Å². The molecule has 0 N–H and O–H groups in total. The highest BCUT2D eigenvalue weighted by Gasteiger charge is 2.25. The Morgan fingerprint density at radius 3 is 1.31 bits per heavy atom. The van der Waals surface area contributed by atoms with Crippen LogP contribution >= 0.6 is 0 Å². The molecule has 0 aliphatic carbocycles. The van der Waals surface area contributed by atoms with Crippen molar-refractivity contribution in [2.24, 2.45) is 0 Å². The summed E-state index contributed by atoms with van der Waals surface area (Å²) in [5, 5.41) is 6.36. The predicted octanol–water partition coefficient (Wildman–Crippen LogP) is 17.5. The molecule has 0 aliphatic rings. The first kappa shape index (κ1) is 36.1. The number of para-hydroxylation sites is 3. The first-order valence-corrected chi connectivity index (χ1v) is 21.7. The van der Waals surface area contributed by atoms with Crippen molar-refractivity contribution in [3.63, 3.8) is 0 Å². The van der Waals surface area contributed by atoms with Crippen molar-refractivity contribution in [1.29, 1.82) is 0 Å². The molecule has 64 heavy (non-hydrogen) atoms. The molecule has 0 bridgehead atoms. The number of benzene rings is 10. The molecule has 0 saturated carbocycles. The highest BCUT2D eigenvalue weighted by molar-refractivity contribution is 6.22. The molecule has 0 unspecified atom stereocenters. The number of furan rings is 3. The number of hydrogen-bond acceptors (Lipinski definition) is 4. The lowest BCUT2D eigenvalue weighted by atomic mass is 9.92. The summed E-state index contributed by atoms with van der Waals surface area (Å²) in [7, 11) is 0. The molecule has 0 atom stereocenters. The average molecular weight is 820 g/mol. The second kappa shape index (κ2) is 14.5. The van der Waals surface area contributed by atoms with Gasteiger partial charge in [0.05, 0.1) is 11.1 Å². The van der Waals surface area contributed by atoms with Crippen molar-refractivity contribution in [1.82, 2.24) is 0 Å². The molecule has 4 nitrogen and oxygen atoms in total. The van der Waals surface area contributed by atoms with Crippen LogP contribution in [0.3, 0.4) is 0 Å². The normalized spacial score (nSPS) is 11.8. The van der Waals surface area contributed by atoms with Crippen LogP contribution in [0, 0.1) is 0 Å². The summed E-state index contributed by atoms with van der Waals surface area (Å²) in [6, 6.07) is 79.1. The smallest absolute Gasteiger partial charge is 0.145 e. The summed E-state index contributed by atoms with van der Waals surface area (Å²) in [6.07, 6.45) is 0. The largest absolute Gasteiger partial charge is 0.456 e. The van der Waals surface area contributed by atoms with Gasteiger partial charge >= 0.3 is 0 Å². The van der Waals surface area contributed by atoms with Crippen molar-refractivity contribution >= 4 is 82.9 Å². The molecule has 0 spiro atoms. The van der Waals surface area contributed by atoms with Gasteiger partial charge in [-0.3, -0.25) is 0 Å². The van der Waals surface area contributed by atoms with Gasteiger partial charge in [0.15, 0.2) is 0 Å². The summed E-state index contributed by atoms with van der Waals surface area (Å²) in [5.74, 6) is 0. The van der Waals surface area contributed by atoms with E-state index in [1.807, 2.05) is 24.3 Å². The van der Waals surface area contributed by atoms with E-state index in [1.54, 1.807) is 0 Å². The fourth-order valence-electron chi connectivity index (χ4n) is 9.68. The third-order valence-electron chi connectivity index (χ3n) is 12.7. The molecule has 0 saturated heterocycles. The van der Waals surface area contributed by atoms with Crippen molar-refractivity contribution in [3.05, 3.63) is 224 Å². The number of rotatable bonds is 7. The van der Waals surface area contributed by atoms with Gasteiger partial charge in [-0.25, -0.2) is 0 Å². The zero-order valence-electron chi connectivity index (χ0n) is 34.5. The third kappa shape index (κ3) is 5.77. The van der Waals surface area contributed by atoms with Gasteiger partial charge in [0, 0.05) is 49.4 Å². The molecule has 3 heterocycles. The first-order valence-electron chi connectivity index (χ1n) is 21.7. The first-order chi connectivity index (χ1) is 31.7. The molecular weight excluding hydrogens is 783 g/mol. The minimum atomic E-state index is 0.816. The zero-order valence-corrected chi connectivity index (χ0v) is 34.5. The number of anilines is 3. The van der Waals surface area contributed by atoms with E-state index in [0.717, 1.165) is 116 Å². The van der Waals surface area contributed by atoms with Crippen LogP contribution in [0.4, 0.5) is 17.1 Å². The van der Waals surface area contributed by atoms with Crippen molar-refractivity contribution in [2.75, 3.05) is 4.90 Å². The fraction of sp³-hybridized carbons (Fsp3) is 0. The zero-order chi connectivity index (χ0) is 42.1. The van der Waals surface area contributed by atoms with Crippen LogP contribution in [0.2, 0.25) is 0 Å². The summed E-state index contributed by atoms with van der Waals surface area (Å²) < 4.78 is 20.1. The van der Waals surface area contributed by atoms with E-state index in [4.69, 9.17) is 13.3 Å². The van der Waals surface area contributed by atoms with E-state index in [2.05, 4.69) is 205 Å². The average Bonchev–Trinajstić information content (AvgIpc) is 4.07. The van der Waals surface area contributed by atoms with Crippen LogP contribution in [0.5, 0.6) is 0 Å². The maximum absolute atomic E-state index is 7.02. The Kier molecular flexibility index (Phi) is 8.18. The minimum absolute atomic E-state index is 0.816. The Morgan fingerprint density at radius 1 is 0.266 bits per heavy atom. The Hall–Kier alpha value is -8.60. The van der Waals surface area contributed by atoms with Gasteiger partial charge in [0.1, 0.15) is 33.5 Å². The topological polar surface area (TPSA) is 42.7 Å². The van der Waals surface area contributed by atoms with E-state index < -0.39 is 0 Å². The van der Waals surface area contributed by atoms with E-state index in [1.165, 1.54) is 11.1 Å². The molecular formula is C60H37NO3. The van der Waals surface area contributed by atoms with E-state index in [-0.39, 0.29) is 0 Å². The number of fused-ring (bicyclic) bond motifs is 9. The second-order valence-electron chi connectivity index (χ2n) is 16.4. The predicted molar refractivity (Wildman–Crippen MR) is 265 cm³/mol. The van der Waals surface area contributed by atoms with Gasteiger partial charge in [-0.05, 0) is 106 Å². The maximum Gasteiger partial charge on any atom is 0.145 e. The molecule has 4 heteroatoms. The quantitative estimate of drug-likeness (QED) is 0.161. The molecule has 300 valence electrons. The van der Waals surface area contributed by atoms with E-state index in [9.17, 15) is 0 Å². The van der Waals surface area contributed by atoms with Gasteiger partial charge in [-0.1, -0.05) is 152 Å². The van der Waals surface area contributed by atoms with Crippen LogP contribution in [-0.4, -0.2) is 0 Å². The molecule has 0 radical (unpaired) electrons. The highest BCUT2D eigenvalue weighted by Crippen LogP contribution is 2.49. The van der Waals surface area contributed by atoms with E-state index >= 15 is 0 Å². The lowest BCUT2D eigenvalue weighted by Crippen LogP contribution is -2.10. The van der Waals surface area contributed by atoms with Crippen LogP contribution in [0.25, 0.3) is 110 Å². The summed E-state index contributed by atoms with van der Waals surface area (Å²) in [6.45, 7) is 0. The lowest BCUT2D eigenvalue weighted by molar-refractivity contribution is 0.668. The molecule has 13 rings (SSSR count). The third-order valence-corrected chi connectivity index (χ3v) is 12.7. The van der Waals surface area contributed by atoms with Gasteiger partial charge < -0.3 is 18.2 Å². The second-order valence-corrected chi connectivity index (χ2v) is 16.4. The van der Waals surface area contributed by atoms with Gasteiger partial charge in [-0.2, -0.15) is 0 Å². The van der Waals surface area contributed by atoms with Crippen molar-refractivity contribution in [3.8, 4) is 44.5 Å². The maximum atomic E-state index is 7.02. The molecule has 0 amide bonds. The monoisotopic (exact) mass is 819 g/mol. The molecule has 3 aromatic heterocycles. The Bertz CT molecular complexity index is 3790. The SMILES string of the molecule is c1ccc(-c2ccc(N(c3ccc(-c4ccccc4)cc3)c3ccc(-c4ccc(-c5ccc6oc7ccccc7c6c5)c5oc6ccccc6c45)c4oc5ccccc5c34)cc2)cc1. The van der Waals surface area contributed by atoms with Crippen LogP contribution in [0.1, 0.15) is 0 Å². The van der Waals surface area contributed by atoms with Gasteiger partial charge in [-0.15, -0.1) is 0 Å². The molecule has 0 aliphatic heterocycles. The number of nitrogens with zero attached hydrogens (tertiary/aromatic N) is 1. The van der Waals surface area contributed by atoms with Crippen LogP contribution in [0.15, 0.2) is 238 Å². The van der Waals surface area contributed by atoms with Gasteiger partial charge in [0.25, 0.3) is 0 Å². The fourth-order valence-corrected chi connectivity index (χ4v) is 9.68. The molecule has 0 fully saturated rings.